The van der Waals surface area contributed by atoms with Crippen LogP contribution in [-0.4, -0.2) is 34.7 Å². The summed E-state index contributed by atoms with van der Waals surface area (Å²) in [4.78, 5) is 6.39. The minimum absolute atomic E-state index is 0.130. The highest BCUT2D eigenvalue weighted by Gasteiger charge is 2.20. The zero-order valence-corrected chi connectivity index (χ0v) is 13.6. The number of nitrogens with zero attached hydrogens (tertiary/aromatic N) is 3. The van der Waals surface area contributed by atoms with Gasteiger partial charge in [0, 0.05) is 11.0 Å². The normalized spacial score (nSPS) is 12.9. The van der Waals surface area contributed by atoms with E-state index in [9.17, 15) is 4.39 Å². The predicted octanol–water partition coefficient (Wildman–Crippen LogP) is 2.98. The van der Waals surface area contributed by atoms with Crippen LogP contribution in [0.3, 0.4) is 0 Å². The van der Waals surface area contributed by atoms with Crippen LogP contribution in [0.4, 0.5) is 4.39 Å². The highest BCUT2D eigenvalue weighted by molar-refractivity contribution is 9.10. The molecule has 2 rings (SSSR count). The maximum Gasteiger partial charge on any atom is 0.262 e. The van der Waals surface area contributed by atoms with E-state index in [1.807, 2.05) is 0 Å². The lowest BCUT2D eigenvalue weighted by atomic mass is 10.2. The lowest BCUT2D eigenvalue weighted by molar-refractivity contribution is 0.278. The molecule has 0 amide bonds. The Bertz CT molecular complexity index is 580. The molecule has 1 atom stereocenters. The fourth-order valence-corrected chi connectivity index (χ4v) is 2.54. The molecular weight excluding hydrogens is 339 g/mol. The van der Waals surface area contributed by atoms with E-state index in [2.05, 4.69) is 44.8 Å². The van der Waals surface area contributed by atoms with Crippen molar-refractivity contribution in [1.82, 2.24) is 15.0 Å². The van der Waals surface area contributed by atoms with Gasteiger partial charge in [0.25, 0.3) is 5.89 Å². The minimum atomic E-state index is -0.420. The van der Waals surface area contributed by atoms with Crippen LogP contribution in [-0.2, 0) is 0 Å². The molecule has 1 aromatic heterocycles. The lowest BCUT2D eigenvalue weighted by Gasteiger charge is -2.20. The smallest absolute Gasteiger partial charge is 0.262 e. The maximum atomic E-state index is 13.9. The Balaban J connectivity index is 2.22. The second kappa shape index (κ2) is 7.11. The highest BCUT2D eigenvalue weighted by atomic mass is 79.9. The molecule has 5 nitrogen and oxygen atoms in total. The van der Waals surface area contributed by atoms with E-state index in [0.717, 1.165) is 13.1 Å². The number of likely N-dealkylation sites (N-methyl/N-ethyl adjacent to an activating group) is 1. The standard InChI is InChI=1S/C14H18BrFN4O/c1-3-20(4-2)8-11(17)13-18-14(21-19-13)12-9(15)6-5-7-10(12)16/h5-7,11H,3-4,8,17H2,1-2H3. The molecule has 2 N–H and O–H groups in total. The highest BCUT2D eigenvalue weighted by Crippen LogP contribution is 2.30. The van der Waals surface area contributed by atoms with Gasteiger partial charge >= 0.3 is 0 Å². The SMILES string of the molecule is CCN(CC)CC(N)c1noc(-c2c(F)cccc2Br)n1. The van der Waals surface area contributed by atoms with Gasteiger partial charge in [0.15, 0.2) is 5.82 Å². The number of aromatic nitrogens is 2. The molecule has 0 radical (unpaired) electrons. The quantitative estimate of drug-likeness (QED) is 0.861. The monoisotopic (exact) mass is 356 g/mol. The second-order valence-corrected chi connectivity index (χ2v) is 5.50. The molecule has 0 bridgehead atoms. The van der Waals surface area contributed by atoms with E-state index in [0.29, 0.717) is 16.8 Å². The van der Waals surface area contributed by atoms with Crippen LogP contribution in [0.15, 0.2) is 27.2 Å². The minimum Gasteiger partial charge on any atom is -0.334 e. The number of halogens is 2. The van der Waals surface area contributed by atoms with Crippen LogP contribution in [0.5, 0.6) is 0 Å². The second-order valence-electron chi connectivity index (χ2n) is 4.65. The molecule has 0 aliphatic rings. The Hall–Kier alpha value is -1.31. The number of rotatable bonds is 6. The molecule has 0 saturated heterocycles. The van der Waals surface area contributed by atoms with Gasteiger partial charge in [0.2, 0.25) is 0 Å². The van der Waals surface area contributed by atoms with E-state index in [4.69, 9.17) is 10.3 Å². The molecule has 0 spiro atoms. The Morgan fingerprint density at radius 1 is 1.38 bits per heavy atom. The summed E-state index contributed by atoms with van der Waals surface area (Å²) < 4.78 is 19.6. The largest absolute Gasteiger partial charge is 0.334 e. The molecular formula is C14H18BrFN4O. The molecule has 2 aromatic rings. The number of hydrogen-bond acceptors (Lipinski definition) is 5. The first-order valence-electron chi connectivity index (χ1n) is 6.82. The first kappa shape index (κ1) is 16.1. The van der Waals surface area contributed by atoms with Crippen molar-refractivity contribution in [2.45, 2.75) is 19.9 Å². The van der Waals surface area contributed by atoms with Gasteiger partial charge in [0.1, 0.15) is 5.82 Å². The summed E-state index contributed by atoms with van der Waals surface area (Å²) in [6.45, 7) is 6.55. The van der Waals surface area contributed by atoms with Gasteiger partial charge in [-0.05, 0) is 41.2 Å². The third-order valence-electron chi connectivity index (χ3n) is 3.30. The van der Waals surface area contributed by atoms with Crippen molar-refractivity contribution >= 4 is 15.9 Å². The summed E-state index contributed by atoms with van der Waals surface area (Å²) in [6.07, 6.45) is 0. The first-order valence-corrected chi connectivity index (χ1v) is 7.62. The number of nitrogens with two attached hydrogens (primary N) is 1. The molecule has 21 heavy (non-hydrogen) atoms. The van der Waals surface area contributed by atoms with E-state index in [-0.39, 0.29) is 17.5 Å². The molecule has 0 aliphatic heterocycles. The summed E-state index contributed by atoms with van der Waals surface area (Å²) in [6, 6.07) is 4.30. The van der Waals surface area contributed by atoms with Gasteiger partial charge in [-0.15, -0.1) is 0 Å². The van der Waals surface area contributed by atoms with Crippen molar-refractivity contribution < 1.29 is 8.91 Å². The topological polar surface area (TPSA) is 68.2 Å². The fraction of sp³-hybridized carbons (Fsp3) is 0.429. The van der Waals surface area contributed by atoms with Crippen LogP contribution in [0.1, 0.15) is 25.7 Å². The lowest BCUT2D eigenvalue weighted by Crippen LogP contribution is -2.32. The van der Waals surface area contributed by atoms with Crippen LogP contribution in [0, 0.1) is 5.82 Å². The van der Waals surface area contributed by atoms with Crippen LogP contribution in [0.25, 0.3) is 11.5 Å². The Labute approximate surface area is 131 Å². The third kappa shape index (κ3) is 3.66. The molecule has 1 unspecified atom stereocenters. The third-order valence-corrected chi connectivity index (χ3v) is 3.96. The van der Waals surface area contributed by atoms with Gasteiger partial charge < -0.3 is 15.2 Å². The van der Waals surface area contributed by atoms with Gasteiger partial charge in [-0.1, -0.05) is 25.1 Å². The fourth-order valence-electron chi connectivity index (χ4n) is 2.03. The van der Waals surface area contributed by atoms with Crippen molar-refractivity contribution in [3.8, 4) is 11.5 Å². The summed E-state index contributed by atoms with van der Waals surface area (Å²) in [5, 5.41) is 3.87. The Kier molecular flexibility index (Phi) is 5.44. The number of benzene rings is 1. The molecule has 1 heterocycles. The molecule has 0 saturated carbocycles. The van der Waals surface area contributed by atoms with Crippen molar-refractivity contribution in [1.29, 1.82) is 0 Å². The van der Waals surface area contributed by atoms with Crippen molar-refractivity contribution in [2.75, 3.05) is 19.6 Å². The van der Waals surface area contributed by atoms with Gasteiger partial charge in [-0.3, -0.25) is 0 Å². The summed E-state index contributed by atoms with van der Waals surface area (Å²) >= 11 is 3.29. The van der Waals surface area contributed by atoms with Crippen molar-refractivity contribution in [3.63, 3.8) is 0 Å². The van der Waals surface area contributed by atoms with Crippen LogP contribution in [0.2, 0.25) is 0 Å². The molecule has 1 aromatic carbocycles. The first-order chi connectivity index (χ1) is 10.1. The van der Waals surface area contributed by atoms with E-state index in [1.54, 1.807) is 12.1 Å². The van der Waals surface area contributed by atoms with E-state index < -0.39 is 5.82 Å². The summed E-state index contributed by atoms with van der Waals surface area (Å²) in [7, 11) is 0. The summed E-state index contributed by atoms with van der Waals surface area (Å²) in [5.41, 5.74) is 6.34. The van der Waals surface area contributed by atoms with Crippen molar-refractivity contribution in [2.24, 2.45) is 5.73 Å². The zero-order valence-electron chi connectivity index (χ0n) is 12.0. The molecule has 0 aliphatic carbocycles. The summed E-state index contributed by atoms with van der Waals surface area (Å²) in [5.74, 6) is 0.0916. The van der Waals surface area contributed by atoms with E-state index in [1.165, 1.54) is 6.07 Å². The molecule has 0 fully saturated rings. The van der Waals surface area contributed by atoms with Gasteiger partial charge in [-0.25, -0.2) is 4.39 Å². The molecule has 114 valence electrons. The average Bonchev–Trinajstić information content (AvgIpc) is 2.94. The van der Waals surface area contributed by atoms with Crippen molar-refractivity contribution in [3.05, 3.63) is 34.3 Å². The average molecular weight is 357 g/mol. The van der Waals surface area contributed by atoms with Gasteiger partial charge in [0.05, 0.1) is 11.6 Å². The molecule has 7 heteroatoms. The van der Waals surface area contributed by atoms with Crippen LogP contribution >= 0.6 is 15.9 Å². The maximum absolute atomic E-state index is 13.9. The Morgan fingerprint density at radius 3 is 2.71 bits per heavy atom. The zero-order chi connectivity index (χ0) is 15.4. The van der Waals surface area contributed by atoms with E-state index >= 15 is 0 Å². The predicted molar refractivity (Wildman–Crippen MR) is 82.1 cm³/mol. The Morgan fingerprint density at radius 2 is 2.10 bits per heavy atom. The van der Waals surface area contributed by atoms with Gasteiger partial charge in [-0.2, -0.15) is 4.98 Å². The van der Waals surface area contributed by atoms with Crippen LogP contribution < -0.4 is 5.73 Å². The number of hydrogen-bond donors (Lipinski definition) is 1.